The summed E-state index contributed by atoms with van der Waals surface area (Å²) in [6.07, 6.45) is 7.34. The number of fused-ring (bicyclic) bond motifs is 1. The highest BCUT2D eigenvalue weighted by Crippen LogP contribution is 2.69. The second kappa shape index (κ2) is 7.17. The van der Waals surface area contributed by atoms with E-state index in [0.29, 0.717) is 29.8 Å². The van der Waals surface area contributed by atoms with Crippen LogP contribution in [-0.2, 0) is 11.3 Å². The molecule has 1 aromatic carbocycles. The van der Waals surface area contributed by atoms with E-state index in [4.69, 9.17) is 14.2 Å². The topological polar surface area (TPSA) is 40.6 Å². The fourth-order valence-corrected chi connectivity index (χ4v) is 6.11. The zero-order valence-corrected chi connectivity index (χ0v) is 17.3. The van der Waals surface area contributed by atoms with Crippen molar-refractivity contribution < 1.29 is 14.2 Å². The molecule has 1 spiro atoms. The molecule has 2 bridgehead atoms. The summed E-state index contributed by atoms with van der Waals surface area (Å²) in [6, 6.07) is 10.2. The summed E-state index contributed by atoms with van der Waals surface area (Å²) in [6.45, 7) is 8.10. The quantitative estimate of drug-likeness (QED) is 0.644. The molecule has 0 radical (unpaired) electrons. The largest absolute Gasteiger partial charge is 0.493 e. The predicted octanol–water partition coefficient (Wildman–Crippen LogP) is 5.35. The van der Waals surface area contributed by atoms with Gasteiger partial charge in [0, 0.05) is 19.0 Å². The molecule has 152 valence electrons. The standard InChI is InChI=1S/C25H29NO3/c1-16-17(2)25-8-11-28-24(21(25)12-20(16)14-25)19-4-5-22(27-3)23(13-19)29-15-18-6-9-26-10-7-18/h4-7,9-10,13,17,20-21,24H,1,8,11-12,14-15H2,2-3H3/t17?,20-,21-,24-,25?/m1/s1. The fraction of sp³-hybridized carbons (Fsp3) is 0.480. The minimum absolute atomic E-state index is 0.124. The van der Waals surface area contributed by atoms with Gasteiger partial charge in [-0.2, -0.15) is 0 Å². The molecule has 3 fully saturated rings. The van der Waals surface area contributed by atoms with Crippen molar-refractivity contribution in [2.75, 3.05) is 13.7 Å². The molecule has 0 amide bonds. The average molecular weight is 392 g/mol. The summed E-state index contributed by atoms with van der Waals surface area (Å²) >= 11 is 0. The van der Waals surface area contributed by atoms with Gasteiger partial charge in [0.15, 0.2) is 11.5 Å². The molecular weight excluding hydrogens is 362 g/mol. The number of ether oxygens (including phenoxy) is 3. The second-order valence-corrected chi connectivity index (χ2v) is 8.87. The van der Waals surface area contributed by atoms with Crippen molar-refractivity contribution in [3.63, 3.8) is 0 Å². The number of hydrogen-bond donors (Lipinski definition) is 0. The molecule has 5 atom stereocenters. The summed E-state index contributed by atoms with van der Waals surface area (Å²) in [5, 5.41) is 0. The molecule has 4 heteroatoms. The van der Waals surface area contributed by atoms with E-state index < -0.39 is 0 Å². The van der Waals surface area contributed by atoms with Crippen molar-refractivity contribution in [2.45, 2.75) is 38.9 Å². The van der Waals surface area contributed by atoms with Crippen LogP contribution in [0.25, 0.3) is 0 Å². The monoisotopic (exact) mass is 391 g/mol. The van der Waals surface area contributed by atoms with E-state index >= 15 is 0 Å². The van der Waals surface area contributed by atoms with Gasteiger partial charge in [-0.05, 0) is 77.8 Å². The first kappa shape index (κ1) is 18.7. The summed E-state index contributed by atoms with van der Waals surface area (Å²) in [5.74, 6) is 3.34. The van der Waals surface area contributed by atoms with E-state index in [2.05, 4.69) is 30.6 Å². The van der Waals surface area contributed by atoms with Gasteiger partial charge in [-0.15, -0.1) is 0 Å². The molecule has 2 unspecified atom stereocenters. The number of allylic oxidation sites excluding steroid dienone is 1. The zero-order valence-electron chi connectivity index (χ0n) is 17.3. The van der Waals surface area contributed by atoms with E-state index in [-0.39, 0.29) is 6.10 Å². The number of hydrogen-bond acceptors (Lipinski definition) is 4. The van der Waals surface area contributed by atoms with E-state index in [1.54, 1.807) is 19.5 Å². The Labute approximate surface area is 172 Å². The van der Waals surface area contributed by atoms with Gasteiger partial charge in [0.25, 0.3) is 0 Å². The Bertz CT molecular complexity index is 912. The third-order valence-electron chi connectivity index (χ3n) is 7.74. The third kappa shape index (κ3) is 2.96. The number of nitrogens with zero attached hydrogens (tertiary/aromatic N) is 1. The van der Waals surface area contributed by atoms with Crippen LogP contribution in [0.3, 0.4) is 0 Å². The van der Waals surface area contributed by atoms with Crippen LogP contribution in [0.5, 0.6) is 11.5 Å². The van der Waals surface area contributed by atoms with E-state index in [9.17, 15) is 0 Å². The first-order chi connectivity index (χ1) is 14.1. The Kier molecular flexibility index (Phi) is 4.62. The smallest absolute Gasteiger partial charge is 0.162 e. The van der Waals surface area contributed by atoms with Crippen LogP contribution in [0.4, 0.5) is 0 Å². The molecule has 1 saturated heterocycles. The van der Waals surface area contributed by atoms with Crippen molar-refractivity contribution in [1.82, 2.24) is 4.98 Å². The Morgan fingerprint density at radius 2 is 2.03 bits per heavy atom. The third-order valence-corrected chi connectivity index (χ3v) is 7.74. The molecule has 3 aliphatic rings. The van der Waals surface area contributed by atoms with Gasteiger partial charge in [0.2, 0.25) is 0 Å². The van der Waals surface area contributed by atoms with Crippen LogP contribution < -0.4 is 9.47 Å². The maximum atomic E-state index is 6.37. The molecule has 2 saturated carbocycles. The zero-order chi connectivity index (χ0) is 20.0. The van der Waals surface area contributed by atoms with Gasteiger partial charge >= 0.3 is 0 Å². The van der Waals surface area contributed by atoms with Crippen LogP contribution >= 0.6 is 0 Å². The lowest BCUT2D eigenvalue weighted by Gasteiger charge is -2.48. The van der Waals surface area contributed by atoms with Crippen molar-refractivity contribution in [1.29, 1.82) is 0 Å². The SMILES string of the molecule is C=C1C(C)C23CCO[C@H](c4ccc(OC)c(OCc5ccncc5)c4)[C@H]2C[C@@H]1C3. The van der Waals surface area contributed by atoms with Crippen LogP contribution in [0.1, 0.15) is 43.4 Å². The summed E-state index contributed by atoms with van der Waals surface area (Å²) in [4.78, 5) is 4.07. The normalized spacial score (nSPS) is 32.8. The van der Waals surface area contributed by atoms with Crippen LogP contribution in [0.15, 0.2) is 54.9 Å². The molecule has 2 aliphatic carbocycles. The number of rotatable bonds is 5. The average Bonchev–Trinajstić information content (AvgIpc) is 3.27. The van der Waals surface area contributed by atoms with Crippen molar-refractivity contribution in [2.24, 2.45) is 23.2 Å². The number of pyridine rings is 1. The van der Waals surface area contributed by atoms with E-state index in [0.717, 1.165) is 30.1 Å². The lowest BCUT2D eigenvalue weighted by atomic mass is 9.62. The molecule has 29 heavy (non-hydrogen) atoms. The van der Waals surface area contributed by atoms with Crippen molar-refractivity contribution in [3.05, 3.63) is 66.0 Å². The van der Waals surface area contributed by atoms with Crippen molar-refractivity contribution >= 4 is 0 Å². The van der Waals surface area contributed by atoms with E-state index in [1.165, 1.54) is 24.0 Å². The first-order valence-electron chi connectivity index (χ1n) is 10.6. The van der Waals surface area contributed by atoms with E-state index in [1.807, 2.05) is 18.2 Å². The van der Waals surface area contributed by atoms with Gasteiger partial charge in [-0.3, -0.25) is 4.98 Å². The molecule has 5 rings (SSSR count). The molecule has 2 aromatic rings. The summed E-state index contributed by atoms with van der Waals surface area (Å²) < 4.78 is 18.1. The maximum absolute atomic E-state index is 6.37. The Hall–Kier alpha value is -2.33. The Balaban J connectivity index is 1.42. The highest BCUT2D eigenvalue weighted by atomic mass is 16.5. The Morgan fingerprint density at radius 1 is 1.21 bits per heavy atom. The number of aromatic nitrogens is 1. The number of methoxy groups -OCH3 is 1. The Morgan fingerprint density at radius 3 is 2.79 bits per heavy atom. The van der Waals surface area contributed by atoms with Gasteiger partial charge in [-0.25, -0.2) is 0 Å². The first-order valence-corrected chi connectivity index (χ1v) is 10.6. The minimum atomic E-state index is 0.124. The van der Waals surface area contributed by atoms with Crippen LogP contribution in [0.2, 0.25) is 0 Å². The predicted molar refractivity (Wildman–Crippen MR) is 112 cm³/mol. The number of benzene rings is 1. The minimum Gasteiger partial charge on any atom is -0.493 e. The van der Waals surface area contributed by atoms with Crippen LogP contribution in [0, 0.1) is 23.2 Å². The molecule has 0 N–H and O–H groups in total. The summed E-state index contributed by atoms with van der Waals surface area (Å²) in [7, 11) is 1.68. The molecule has 1 aliphatic heterocycles. The second-order valence-electron chi connectivity index (χ2n) is 8.87. The maximum Gasteiger partial charge on any atom is 0.162 e. The van der Waals surface area contributed by atoms with Crippen LogP contribution in [-0.4, -0.2) is 18.7 Å². The molecular formula is C25H29NO3. The van der Waals surface area contributed by atoms with Gasteiger partial charge in [0.05, 0.1) is 13.2 Å². The highest BCUT2D eigenvalue weighted by molar-refractivity contribution is 5.44. The highest BCUT2D eigenvalue weighted by Gasteiger charge is 2.61. The molecule has 1 aromatic heterocycles. The molecule has 4 nitrogen and oxygen atoms in total. The summed E-state index contributed by atoms with van der Waals surface area (Å²) in [5.41, 5.74) is 4.12. The fourth-order valence-electron chi connectivity index (χ4n) is 6.11. The van der Waals surface area contributed by atoms with Gasteiger partial charge in [-0.1, -0.05) is 25.1 Å². The van der Waals surface area contributed by atoms with Gasteiger partial charge < -0.3 is 14.2 Å². The van der Waals surface area contributed by atoms with Gasteiger partial charge in [0.1, 0.15) is 6.61 Å². The van der Waals surface area contributed by atoms with Crippen molar-refractivity contribution in [3.8, 4) is 11.5 Å². The molecule has 2 heterocycles. The lowest BCUT2D eigenvalue weighted by Crippen LogP contribution is -2.42. The lowest BCUT2D eigenvalue weighted by molar-refractivity contribution is -0.106.